The number of carbonyl (C=O) groups excluding carboxylic acids is 1. The van der Waals surface area contributed by atoms with Gasteiger partial charge in [-0.05, 0) is 49.3 Å². The van der Waals surface area contributed by atoms with Crippen LogP contribution in [0.25, 0.3) is 11.3 Å². The number of hydrogen-bond donors (Lipinski definition) is 1. The molecule has 3 aliphatic rings. The van der Waals surface area contributed by atoms with Crippen molar-refractivity contribution in [1.82, 2.24) is 15.0 Å². The van der Waals surface area contributed by atoms with Crippen LogP contribution in [-0.2, 0) is 24.2 Å². The summed E-state index contributed by atoms with van der Waals surface area (Å²) in [5.41, 5.74) is 7.30. The van der Waals surface area contributed by atoms with E-state index in [4.69, 9.17) is 9.63 Å². The lowest BCUT2D eigenvalue weighted by molar-refractivity contribution is -0.147. The van der Waals surface area contributed by atoms with Crippen LogP contribution in [0.1, 0.15) is 57.1 Å². The molecule has 7 heteroatoms. The van der Waals surface area contributed by atoms with Gasteiger partial charge in [-0.2, -0.15) is 0 Å². The first-order chi connectivity index (χ1) is 17.5. The maximum Gasteiger partial charge on any atom is 0.309 e. The summed E-state index contributed by atoms with van der Waals surface area (Å²) < 4.78 is 5.77. The number of hydrogen-bond acceptors (Lipinski definition) is 5. The molecule has 1 aliphatic carbocycles. The van der Waals surface area contributed by atoms with Crippen LogP contribution in [0.4, 0.5) is 0 Å². The third-order valence-corrected chi connectivity index (χ3v) is 8.02. The van der Waals surface area contributed by atoms with Crippen LogP contribution in [0.5, 0.6) is 0 Å². The van der Waals surface area contributed by atoms with E-state index < -0.39 is 5.97 Å². The van der Waals surface area contributed by atoms with Gasteiger partial charge in [-0.25, -0.2) is 0 Å². The van der Waals surface area contributed by atoms with Gasteiger partial charge in [-0.15, -0.1) is 0 Å². The molecule has 2 aliphatic heterocycles. The Balaban J connectivity index is 1.17. The lowest BCUT2D eigenvalue weighted by Gasteiger charge is -2.36. The van der Waals surface area contributed by atoms with Crippen molar-refractivity contribution in [3.05, 3.63) is 76.0 Å². The quantitative estimate of drug-likeness (QED) is 0.580. The molecule has 2 aromatic carbocycles. The van der Waals surface area contributed by atoms with Crippen LogP contribution in [0.15, 0.2) is 47.0 Å². The molecule has 186 valence electrons. The number of fused-ring (bicyclic) bond motifs is 3. The van der Waals surface area contributed by atoms with Gasteiger partial charge in [0.2, 0.25) is 0 Å². The third-order valence-electron chi connectivity index (χ3n) is 8.02. The second kappa shape index (κ2) is 9.21. The Labute approximate surface area is 210 Å². The van der Waals surface area contributed by atoms with Crippen molar-refractivity contribution in [3.63, 3.8) is 0 Å². The first kappa shape index (κ1) is 23.0. The molecule has 6 rings (SSSR count). The lowest BCUT2D eigenvalue weighted by atomic mass is 9.87. The smallest absolute Gasteiger partial charge is 0.309 e. The maximum absolute atomic E-state index is 13.5. The Morgan fingerprint density at radius 2 is 1.89 bits per heavy atom. The fourth-order valence-electron chi connectivity index (χ4n) is 5.89. The molecule has 1 atom stereocenters. The fourth-order valence-corrected chi connectivity index (χ4v) is 5.89. The number of aryl methyl sites for hydroxylation is 2. The summed E-state index contributed by atoms with van der Waals surface area (Å²) in [6.45, 7) is 5.51. The van der Waals surface area contributed by atoms with Gasteiger partial charge in [0.1, 0.15) is 0 Å². The van der Waals surface area contributed by atoms with Gasteiger partial charge >= 0.3 is 5.97 Å². The Morgan fingerprint density at radius 1 is 1.08 bits per heavy atom. The van der Waals surface area contributed by atoms with Gasteiger partial charge in [0.25, 0.3) is 5.91 Å². The van der Waals surface area contributed by atoms with Gasteiger partial charge in [0, 0.05) is 49.8 Å². The number of likely N-dealkylation sites (tertiary alicyclic amines) is 2. The molecule has 1 amide bonds. The summed E-state index contributed by atoms with van der Waals surface area (Å²) in [5.74, 6) is 0.0793. The van der Waals surface area contributed by atoms with Gasteiger partial charge in [0.15, 0.2) is 11.5 Å². The molecule has 1 aromatic heterocycles. The van der Waals surface area contributed by atoms with E-state index in [1.54, 1.807) is 0 Å². The topological polar surface area (TPSA) is 86.9 Å². The third kappa shape index (κ3) is 4.22. The van der Waals surface area contributed by atoms with E-state index in [0.717, 1.165) is 49.9 Å². The molecule has 2 saturated heterocycles. The molecule has 2 fully saturated rings. The van der Waals surface area contributed by atoms with Crippen LogP contribution < -0.4 is 0 Å². The number of rotatable bonds is 5. The molecular weight excluding hydrogens is 454 g/mol. The van der Waals surface area contributed by atoms with E-state index in [2.05, 4.69) is 59.4 Å². The molecule has 3 aromatic rings. The normalized spacial score (nSPS) is 19.9. The zero-order valence-electron chi connectivity index (χ0n) is 20.6. The molecule has 0 bridgehead atoms. The van der Waals surface area contributed by atoms with E-state index in [0.29, 0.717) is 37.0 Å². The van der Waals surface area contributed by atoms with Gasteiger partial charge in [-0.1, -0.05) is 53.2 Å². The zero-order valence-corrected chi connectivity index (χ0v) is 20.6. The highest BCUT2D eigenvalue weighted by molar-refractivity contribution is 5.95. The summed E-state index contributed by atoms with van der Waals surface area (Å²) in [6.07, 6.45) is 3.64. The van der Waals surface area contributed by atoms with Crippen molar-refractivity contribution in [3.8, 4) is 11.3 Å². The summed E-state index contributed by atoms with van der Waals surface area (Å²) in [6, 6.07) is 15.0. The monoisotopic (exact) mass is 485 g/mol. The average molecular weight is 486 g/mol. The standard InChI is InChI=1S/C29H31N3O4/c1-18-4-7-20(8-5-18)22-3-2-12-32(17-22)28(33)26-25-11-9-21-13-19(6-10-24(21)27(25)36-30-26)14-31-15-23(16-31)29(34)35/h4-8,10,13,22-23H,2-3,9,11-12,14-17H2,1H3,(H,34,35). The average Bonchev–Trinajstić information content (AvgIpc) is 3.30. The number of aromatic nitrogens is 1. The maximum atomic E-state index is 13.5. The van der Waals surface area contributed by atoms with Gasteiger partial charge in [0.05, 0.1) is 5.92 Å². The molecule has 3 heterocycles. The second-order valence-corrected chi connectivity index (χ2v) is 10.6. The molecule has 36 heavy (non-hydrogen) atoms. The largest absolute Gasteiger partial charge is 0.481 e. The number of nitrogens with zero attached hydrogens (tertiary/aromatic N) is 3. The van der Waals surface area contributed by atoms with Crippen molar-refractivity contribution in [1.29, 1.82) is 0 Å². The number of carbonyl (C=O) groups is 2. The molecular formula is C29H31N3O4. The Hall–Kier alpha value is -3.45. The summed E-state index contributed by atoms with van der Waals surface area (Å²) in [7, 11) is 0. The minimum atomic E-state index is -0.713. The molecule has 0 radical (unpaired) electrons. The minimum absolute atomic E-state index is 0.0253. The summed E-state index contributed by atoms with van der Waals surface area (Å²) >= 11 is 0. The van der Waals surface area contributed by atoms with Gasteiger partial charge < -0.3 is 14.5 Å². The van der Waals surface area contributed by atoms with Crippen molar-refractivity contribution in [2.45, 2.75) is 45.1 Å². The van der Waals surface area contributed by atoms with Crippen molar-refractivity contribution < 1.29 is 19.2 Å². The van der Waals surface area contributed by atoms with Crippen molar-refractivity contribution in [2.75, 3.05) is 26.2 Å². The van der Waals surface area contributed by atoms with Crippen LogP contribution in [0.2, 0.25) is 0 Å². The SMILES string of the molecule is Cc1ccc(C2CCCN(C(=O)c3noc4c3CCc3cc(CN5CC(C(=O)O)C5)ccc3-4)C2)cc1. The lowest BCUT2D eigenvalue weighted by Crippen LogP contribution is -2.49. The number of carboxylic acids is 1. The number of carboxylic acid groups (broad SMARTS) is 1. The highest BCUT2D eigenvalue weighted by Gasteiger charge is 2.34. The summed E-state index contributed by atoms with van der Waals surface area (Å²) in [4.78, 5) is 28.7. The molecule has 0 spiro atoms. The molecule has 7 nitrogen and oxygen atoms in total. The van der Waals surface area contributed by atoms with Crippen molar-refractivity contribution >= 4 is 11.9 Å². The van der Waals surface area contributed by atoms with Crippen LogP contribution in [-0.4, -0.2) is 58.1 Å². The Morgan fingerprint density at radius 3 is 2.67 bits per heavy atom. The highest BCUT2D eigenvalue weighted by Crippen LogP contribution is 2.37. The van der Waals surface area contributed by atoms with E-state index >= 15 is 0 Å². The minimum Gasteiger partial charge on any atom is -0.481 e. The van der Waals surface area contributed by atoms with E-state index in [1.807, 2.05) is 4.90 Å². The predicted octanol–water partition coefficient (Wildman–Crippen LogP) is 4.28. The summed E-state index contributed by atoms with van der Waals surface area (Å²) in [5, 5.41) is 13.4. The van der Waals surface area contributed by atoms with Crippen LogP contribution in [0.3, 0.4) is 0 Å². The van der Waals surface area contributed by atoms with Crippen molar-refractivity contribution in [2.24, 2.45) is 5.92 Å². The van der Waals surface area contributed by atoms with E-state index in [-0.39, 0.29) is 11.8 Å². The van der Waals surface area contributed by atoms with Crippen LogP contribution in [0, 0.1) is 12.8 Å². The predicted molar refractivity (Wildman–Crippen MR) is 135 cm³/mol. The fraction of sp³-hybridized carbons (Fsp3) is 0.414. The van der Waals surface area contributed by atoms with E-state index in [9.17, 15) is 9.59 Å². The number of aliphatic carboxylic acids is 1. The number of amides is 1. The molecule has 1 unspecified atom stereocenters. The first-order valence-electron chi connectivity index (χ1n) is 12.9. The van der Waals surface area contributed by atoms with Gasteiger partial charge in [-0.3, -0.25) is 14.5 Å². The highest BCUT2D eigenvalue weighted by atomic mass is 16.5. The molecule has 0 saturated carbocycles. The number of benzene rings is 2. The number of piperidine rings is 1. The van der Waals surface area contributed by atoms with Crippen LogP contribution >= 0.6 is 0 Å². The molecule has 1 N–H and O–H groups in total. The first-order valence-corrected chi connectivity index (χ1v) is 12.9. The Kier molecular flexibility index (Phi) is 5.88. The second-order valence-electron chi connectivity index (χ2n) is 10.6. The zero-order chi connectivity index (χ0) is 24.8. The Bertz CT molecular complexity index is 1310. The van der Waals surface area contributed by atoms with E-state index in [1.165, 1.54) is 22.3 Å².